The average molecular weight is 253 g/mol. The topological polar surface area (TPSA) is 84.9 Å². The number of phenols is 1. The summed E-state index contributed by atoms with van der Waals surface area (Å²) in [5, 5.41) is 12.4. The third-order valence-electron chi connectivity index (χ3n) is 2.14. The fourth-order valence-corrected chi connectivity index (χ4v) is 1.42. The van der Waals surface area contributed by atoms with E-state index in [9.17, 15) is 14.7 Å². The molecule has 0 saturated heterocycles. The van der Waals surface area contributed by atoms with E-state index >= 15 is 0 Å². The Balaban J connectivity index is 3.27. The zero-order chi connectivity index (χ0) is 13.7. The highest BCUT2D eigenvalue weighted by molar-refractivity contribution is 5.97. The standard InChI is InChI=1S/C12H15NO5/c1-4-18-11-8(12(16)17-3)5-6-9(10(11)15)13-7(2)14/h5-6,15H,4H2,1-3H3,(H,13,14). The van der Waals surface area contributed by atoms with Gasteiger partial charge in [-0.25, -0.2) is 4.79 Å². The normalized spacial score (nSPS) is 9.72. The molecule has 0 aromatic heterocycles. The summed E-state index contributed by atoms with van der Waals surface area (Å²) in [6.07, 6.45) is 0. The van der Waals surface area contributed by atoms with Gasteiger partial charge in [-0.15, -0.1) is 0 Å². The van der Waals surface area contributed by atoms with Gasteiger partial charge in [-0.3, -0.25) is 4.79 Å². The summed E-state index contributed by atoms with van der Waals surface area (Å²) in [7, 11) is 1.23. The summed E-state index contributed by atoms with van der Waals surface area (Å²) in [5.74, 6) is -1.26. The Morgan fingerprint density at radius 2 is 2.06 bits per heavy atom. The van der Waals surface area contributed by atoms with Crippen molar-refractivity contribution in [3.05, 3.63) is 17.7 Å². The molecule has 2 N–H and O–H groups in total. The Morgan fingerprint density at radius 3 is 2.56 bits per heavy atom. The van der Waals surface area contributed by atoms with Gasteiger partial charge < -0.3 is 19.9 Å². The van der Waals surface area contributed by atoms with Crippen molar-refractivity contribution in [2.75, 3.05) is 19.0 Å². The number of hydrogen-bond acceptors (Lipinski definition) is 5. The summed E-state index contributed by atoms with van der Waals surface area (Å²) >= 11 is 0. The van der Waals surface area contributed by atoms with Crippen LogP contribution >= 0.6 is 0 Å². The molecule has 1 aromatic carbocycles. The maximum absolute atomic E-state index is 11.5. The maximum Gasteiger partial charge on any atom is 0.341 e. The van der Waals surface area contributed by atoms with Crippen molar-refractivity contribution < 1.29 is 24.2 Å². The third-order valence-corrected chi connectivity index (χ3v) is 2.14. The molecule has 6 heteroatoms. The number of carbonyl (C=O) groups excluding carboxylic acids is 2. The first-order chi connectivity index (χ1) is 8.51. The fraction of sp³-hybridized carbons (Fsp3) is 0.333. The van der Waals surface area contributed by atoms with Gasteiger partial charge in [0.15, 0.2) is 11.5 Å². The second kappa shape index (κ2) is 5.90. The molecule has 0 radical (unpaired) electrons. The number of anilines is 1. The largest absolute Gasteiger partial charge is 0.503 e. The van der Waals surface area contributed by atoms with Crippen LogP contribution in [0.25, 0.3) is 0 Å². The minimum atomic E-state index is -0.622. The lowest BCUT2D eigenvalue weighted by Gasteiger charge is -2.13. The van der Waals surface area contributed by atoms with E-state index in [-0.39, 0.29) is 35.3 Å². The van der Waals surface area contributed by atoms with Crippen LogP contribution in [0.1, 0.15) is 24.2 Å². The number of phenolic OH excluding ortho intramolecular Hbond substituents is 1. The number of benzene rings is 1. The lowest BCUT2D eigenvalue weighted by atomic mass is 10.1. The molecule has 0 saturated carbocycles. The number of methoxy groups -OCH3 is 1. The summed E-state index contributed by atoms with van der Waals surface area (Å²) < 4.78 is 9.79. The molecule has 18 heavy (non-hydrogen) atoms. The van der Waals surface area contributed by atoms with Gasteiger partial charge >= 0.3 is 5.97 Å². The Hall–Kier alpha value is -2.24. The molecule has 0 spiro atoms. The first-order valence-electron chi connectivity index (χ1n) is 5.35. The van der Waals surface area contributed by atoms with Crippen LogP contribution in [0.5, 0.6) is 11.5 Å². The van der Waals surface area contributed by atoms with Gasteiger partial charge in [0.1, 0.15) is 5.56 Å². The number of rotatable bonds is 4. The number of nitrogens with one attached hydrogen (secondary N) is 1. The summed E-state index contributed by atoms with van der Waals surface area (Å²) in [4.78, 5) is 22.4. The SMILES string of the molecule is CCOc1c(C(=O)OC)ccc(NC(C)=O)c1O. The maximum atomic E-state index is 11.5. The monoisotopic (exact) mass is 253 g/mol. The van der Waals surface area contributed by atoms with Gasteiger partial charge in [0.25, 0.3) is 0 Å². The number of ether oxygens (including phenoxy) is 2. The molecule has 1 rings (SSSR count). The number of esters is 1. The molecule has 0 heterocycles. The van der Waals surface area contributed by atoms with Crippen LogP contribution in [0.15, 0.2) is 12.1 Å². The zero-order valence-corrected chi connectivity index (χ0v) is 10.4. The Kier molecular flexibility index (Phi) is 4.53. The van der Waals surface area contributed by atoms with E-state index in [0.717, 1.165) is 0 Å². The minimum Gasteiger partial charge on any atom is -0.503 e. The van der Waals surface area contributed by atoms with E-state index in [0.29, 0.717) is 0 Å². The molecular weight excluding hydrogens is 238 g/mol. The molecule has 0 aliphatic rings. The first-order valence-corrected chi connectivity index (χ1v) is 5.35. The molecular formula is C12H15NO5. The molecule has 98 valence electrons. The van der Waals surface area contributed by atoms with Crippen molar-refractivity contribution in [1.29, 1.82) is 0 Å². The predicted octanol–water partition coefficient (Wildman–Crippen LogP) is 1.54. The molecule has 0 fully saturated rings. The van der Waals surface area contributed by atoms with E-state index in [4.69, 9.17) is 4.74 Å². The minimum absolute atomic E-state index is 0.00407. The van der Waals surface area contributed by atoms with Crippen LogP contribution in [-0.2, 0) is 9.53 Å². The highest BCUT2D eigenvalue weighted by atomic mass is 16.5. The summed E-state index contributed by atoms with van der Waals surface area (Å²) in [6, 6.07) is 2.83. The quantitative estimate of drug-likeness (QED) is 0.628. The van der Waals surface area contributed by atoms with E-state index in [2.05, 4.69) is 10.1 Å². The fourth-order valence-electron chi connectivity index (χ4n) is 1.42. The molecule has 1 amide bonds. The predicted molar refractivity (Wildman–Crippen MR) is 64.9 cm³/mol. The van der Waals surface area contributed by atoms with E-state index < -0.39 is 5.97 Å². The third kappa shape index (κ3) is 2.91. The second-order valence-electron chi connectivity index (χ2n) is 3.44. The Labute approximate surface area is 105 Å². The van der Waals surface area contributed by atoms with Gasteiger partial charge in [0.2, 0.25) is 5.91 Å². The second-order valence-corrected chi connectivity index (χ2v) is 3.44. The molecule has 0 aliphatic carbocycles. The molecule has 6 nitrogen and oxygen atoms in total. The van der Waals surface area contributed by atoms with Crippen LogP contribution < -0.4 is 10.1 Å². The average Bonchev–Trinajstić information content (AvgIpc) is 2.33. The molecule has 0 unspecified atom stereocenters. The van der Waals surface area contributed by atoms with E-state index in [1.807, 2.05) is 0 Å². The van der Waals surface area contributed by atoms with Gasteiger partial charge in [0.05, 0.1) is 19.4 Å². The van der Waals surface area contributed by atoms with Crippen LogP contribution in [-0.4, -0.2) is 30.7 Å². The van der Waals surface area contributed by atoms with Gasteiger partial charge in [0, 0.05) is 6.92 Å². The number of aromatic hydroxyl groups is 1. The van der Waals surface area contributed by atoms with Crippen molar-refractivity contribution in [2.45, 2.75) is 13.8 Å². The number of amides is 1. The molecule has 0 bridgehead atoms. The zero-order valence-electron chi connectivity index (χ0n) is 10.4. The van der Waals surface area contributed by atoms with Crippen LogP contribution in [0.3, 0.4) is 0 Å². The lowest BCUT2D eigenvalue weighted by molar-refractivity contribution is -0.114. The highest BCUT2D eigenvalue weighted by Crippen LogP contribution is 2.37. The number of carbonyl (C=O) groups is 2. The van der Waals surface area contributed by atoms with Crippen molar-refractivity contribution in [2.24, 2.45) is 0 Å². The van der Waals surface area contributed by atoms with Gasteiger partial charge in [-0.1, -0.05) is 0 Å². The van der Waals surface area contributed by atoms with Crippen LogP contribution in [0.4, 0.5) is 5.69 Å². The Bertz CT molecular complexity index is 470. The number of hydrogen-bond donors (Lipinski definition) is 2. The lowest BCUT2D eigenvalue weighted by Crippen LogP contribution is -2.09. The van der Waals surface area contributed by atoms with Crippen molar-refractivity contribution in [1.82, 2.24) is 0 Å². The van der Waals surface area contributed by atoms with Crippen molar-refractivity contribution in [3.8, 4) is 11.5 Å². The van der Waals surface area contributed by atoms with Crippen molar-refractivity contribution in [3.63, 3.8) is 0 Å². The Morgan fingerprint density at radius 1 is 1.39 bits per heavy atom. The highest BCUT2D eigenvalue weighted by Gasteiger charge is 2.20. The summed E-state index contributed by atoms with van der Waals surface area (Å²) in [5.41, 5.74) is 0.282. The van der Waals surface area contributed by atoms with E-state index in [1.54, 1.807) is 6.92 Å². The molecule has 1 aromatic rings. The van der Waals surface area contributed by atoms with Crippen LogP contribution in [0, 0.1) is 0 Å². The molecule has 0 atom stereocenters. The van der Waals surface area contributed by atoms with Gasteiger partial charge in [-0.2, -0.15) is 0 Å². The molecule has 0 aliphatic heterocycles. The smallest absolute Gasteiger partial charge is 0.341 e. The van der Waals surface area contributed by atoms with Crippen LogP contribution in [0.2, 0.25) is 0 Å². The van der Waals surface area contributed by atoms with E-state index in [1.165, 1.54) is 26.2 Å². The van der Waals surface area contributed by atoms with Gasteiger partial charge in [-0.05, 0) is 19.1 Å². The first kappa shape index (κ1) is 13.8. The summed E-state index contributed by atoms with van der Waals surface area (Å²) in [6.45, 7) is 3.29. The van der Waals surface area contributed by atoms with Crippen molar-refractivity contribution >= 4 is 17.6 Å².